The minimum absolute atomic E-state index is 0.0340. The number of likely N-dealkylation sites (tertiary alicyclic amines) is 1. The van der Waals surface area contributed by atoms with Gasteiger partial charge in [0, 0.05) is 28.1 Å². The summed E-state index contributed by atoms with van der Waals surface area (Å²) in [5.74, 6) is 0. The Morgan fingerprint density at radius 3 is 2.56 bits per heavy atom. The van der Waals surface area contributed by atoms with E-state index in [9.17, 15) is 13.7 Å². The fraction of sp³-hybridized carbons (Fsp3) is 0.611. The van der Waals surface area contributed by atoms with Crippen molar-refractivity contribution in [2.45, 2.75) is 50.1 Å². The second-order valence-corrected chi connectivity index (χ2v) is 10.3. The minimum Gasteiger partial charge on any atom is -0.305 e. The number of sulfonamides is 1. The van der Waals surface area contributed by atoms with Gasteiger partial charge in [0.05, 0.1) is 10.9 Å². The average molecular weight is 522 g/mol. The lowest BCUT2D eigenvalue weighted by molar-refractivity contribution is 0.209. The van der Waals surface area contributed by atoms with Crippen molar-refractivity contribution in [1.82, 2.24) is 14.5 Å². The molecule has 0 spiro atoms. The Labute approximate surface area is 179 Å². The van der Waals surface area contributed by atoms with Gasteiger partial charge in [-0.25, -0.2) is 13.1 Å². The van der Waals surface area contributed by atoms with Crippen LogP contribution in [0.3, 0.4) is 0 Å². The van der Waals surface area contributed by atoms with E-state index < -0.39 is 10.0 Å². The summed E-state index contributed by atoms with van der Waals surface area (Å²) in [5, 5.41) is 9.49. The van der Waals surface area contributed by atoms with Crippen molar-refractivity contribution in [1.29, 1.82) is 5.26 Å². The highest BCUT2D eigenvalue weighted by atomic mass is 79.9. The van der Waals surface area contributed by atoms with Crippen molar-refractivity contribution in [2.75, 3.05) is 26.2 Å². The molecule has 1 fully saturated rings. The first-order valence-electron chi connectivity index (χ1n) is 9.16. The van der Waals surface area contributed by atoms with Gasteiger partial charge in [-0.2, -0.15) is 5.26 Å². The van der Waals surface area contributed by atoms with E-state index in [-0.39, 0.29) is 17.0 Å². The van der Waals surface area contributed by atoms with Crippen LogP contribution in [-0.2, 0) is 10.0 Å². The second kappa shape index (κ2) is 10.2. The van der Waals surface area contributed by atoms with Crippen molar-refractivity contribution in [2.24, 2.45) is 0 Å². The summed E-state index contributed by atoms with van der Waals surface area (Å²) in [4.78, 5) is 4.26. The number of nitrogens with one attached hydrogen (secondary N) is 1. The molecule has 2 rings (SSSR count). The molecule has 9 heteroatoms. The Kier molecular flexibility index (Phi) is 8.56. The maximum Gasteiger partial charge on any atom is 0.242 e. The molecule has 0 saturated carbocycles. The monoisotopic (exact) mass is 520 g/mol. The molecule has 1 aromatic carbocycles. The maximum absolute atomic E-state index is 12.8. The van der Waals surface area contributed by atoms with E-state index >= 15 is 0 Å². The third kappa shape index (κ3) is 6.16. The SMILES string of the molecule is CCCN(CCC)CC1CC(NS(=O)(=O)c2cc(Br)ccc2Br)CN1C#N. The van der Waals surface area contributed by atoms with Gasteiger partial charge in [-0.05, 0) is 66.5 Å². The molecule has 2 unspecified atom stereocenters. The van der Waals surface area contributed by atoms with Crippen LogP contribution < -0.4 is 4.72 Å². The topological polar surface area (TPSA) is 76.4 Å². The molecule has 0 aromatic heterocycles. The Morgan fingerprint density at radius 1 is 1.30 bits per heavy atom. The van der Waals surface area contributed by atoms with Crippen LogP contribution in [-0.4, -0.2) is 56.5 Å². The van der Waals surface area contributed by atoms with Gasteiger partial charge in [-0.1, -0.05) is 29.8 Å². The quantitative estimate of drug-likeness (QED) is 0.503. The van der Waals surface area contributed by atoms with Crippen molar-refractivity contribution in [3.05, 3.63) is 27.1 Å². The molecule has 1 aliphatic rings. The highest BCUT2D eigenvalue weighted by Crippen LogP contribution is 2.27. The van der Waals surface area contributed by atoms with E-state index in [4.69, 9.17) is 0 Å². The molecule has 0 amide bonds. The molecular formula is C18H26Br2N4O2S. The normalized spacial score (nSPS) is 20.2. The van der Waals surface area contributed by atoms with E-state index in [0.29, 0.717) is 21.9 Å². The van der Waals surface area contributed by atoms with Crippen molar-refractivity contribution < 1.29 is 8.42 Å². The molecule has 0 radical (unpaired) electrons. The molecule has 1 saturated heterocycles. The van der Waals surface area contributed by atoms with Gasteiger partial charge in [-0.15, -0.1) is 0 Å². The summed E-state index contributed by atoms with van der Waals surface area (Å²) in [5.41, 5.74) is 0. The van der Waals surface area contributed by atoms with Crippen LogP contribution in [0.4, 0.5) is 0 Å². The second-order valence-electron chi connectivity index (χ2n) is 6.84. The number of nitriles is 1. The zero-order chi connectivity index (χ0) is 20.0. The van der Waals surface area contributed by atoms with E-state index in [1.54, 1.807) is 23.1 Å². The third-order valence-electron chi connectivity index (χ3n) is 4.60. The Bertz CT molecular complexity index is 776. The molecule has 27 heavy (non-hydrogen) atoms. The number of rotatable bonds is 9. The molecular weight excluding hydrogens is 496 g/mol. The highest BCUT2D eigenvalue weighted by molar-refractivity contribution is 9.11. The molecule has 1 aromatic rings. The predicted octanol–water partition coefficient (Wildman–Crippen LogP) is 3.54. The first-order chi connectivity index (χ1) is 12.8. The standard InChI is InChI=1S/C18H26Br2N4O2S/c1-3-7-23(8-4-2)12-16-10-15(11-24(16)13-21)22-27(25,26)18-9-14(19)5-6-17(18)20/h5-6,9,15-16,22H,3-4,7-8,10-12H2,1-2H3. The summed E-state index contributed by atoms with van der Waals surface area (Å²) >= 11 is 6.63. The first kappa shape index (κ1) is 22.6. The van der Waals surface area contributed by atoms with E-state index in [2.05, 4.69) is 61.5 Å². The average Bonchev–Trinajstić information content (AvgIpc) is 2.98. The first-order valence-corrected chi connectivity index (χ1v) is 12.2. The van der Waals surface area contributed by atoms with Gasteiger partial charge in [0.15, 0.2) is 6.19 Å². The van der Waals surface area contributed by atoms with E-state index in [1.165, 1.54) is 0 Å². The lowest BCUT2D eigenvalue weighted by Gasteiger charge is -2.27. The molecule has 1 heterocycles. The van der Waals surface area contributed by atoms with Crippen LogP contribution in [0.2, 0.25) is 0 Å². The lowest BCUT2D eigenvalue weighted by atomic mass is 10.1. The number of hydrogen-bond acceptors (Lipinski definition) is 5. The van der Waals surface area contributed by atoms with Gasteiger partial charge < -0.3 is 9.80 Å². The largest absolute Gasteiger partial charge is 0.305 e. The molecule has 1 N–H and O–H groups in total. The van der Waals surface area contributed by atoms with Crippen LogP contribution >= 0.6 is 31.9 Å². The number of halogens is 2. The van der Waals surface area contributed by atoms with Crippen LogP contribution in [0, 0.1) is 11.5 Å². The Hall–Kier alpha value is -0.660. The number of hydrogen-bond donors (Lipinski definition) is 1. The summed E-state index contributed by atoms with van der Waals surface area (Å²) in [6.07, 6.45) is 4.99. The zero-order valence-corrected chi connectivity index (χ0v) is 19.6. The molecule has 2 atom stereocenters. The van der Waals surface area contributed by atoms with Gasteiger partial charge in [0.1, 0.15) is 0 Å². The van der Waals surface area contributed by atoms with Gasteiger partial charge in [-0.3, -0.25) is 0 Å². The zero-order valence-electron chi connectivity index (χ0n) is 15.7. The molecule has 6 nitrogen and oxygen atoms in total. The number of benzene rings is 1. The molecule has 1 aliphatic heterocycles. The maximum atomic E-state index is 12.8. The third-order valence-corrected chi connectivity index (χ3v) is 7.60. The Balaban J connectivity index is 2.10. The van der Waals surface area contributed by atoms with Gasteiger partial charge >= 0.3 is 0 Å². The molecule has 150 valence electrons. The molecule has 0 aliphatic carbocycles. The summed E-state index contributed by atoms with van der Waals surface area (Å²) in [6, 6.07) is 4.81. The van der Waals surface area contributed by atoms with Crippen LogP contribution in [0.1, 0.15) is 33.1 Å². The van der Waals surface area contributed by atoms with Crippen LogP contribution in [0.25, 0.3) is 0 Å². The van der Waals surface area contributed by atoms with Crippen LogP contribution in [0.5, 0.6) is 0 Å². The summed E-state index contributed by atoms with van der Waals surface area (Å²) in [7, 11) is -3.68. The van der Waals surface area contributed by atoms with Gasteiger partial charge in [0.2, 0.25) is 10.0 Å². The number of nitrogens with zero attached hydrogens (tertiary/aromatic N) is 3. The Morgan fingerprint density at radius 2 is 1.96 bits per heavy atom. The van der Waals surface area contributed by atoms with Crippen LogP contribution in [0.15, 0.2) is 32.0 Å². The predicted molar refractivity (Wildman–Crippen MR) is 114 cm³/mol. The fourth-order valence-electron chi connectivity index (χ4n) is 3.49. The fourth-order valence-corrected chi connectivity index (χ4v) is 6.23. The van der Waals surface area contributed by atoms with Crippen molar-refractivity contribution in [3.63, 3.8) is 0 Å². The highest BCUT2D eigenvalue weighted by Gasteiger charge is 2.35. The smallest absolute Gasteiger partial charge is 0.242 e. The van der Waals surface area contributed by atoms with E-state index in [0.717, 1.165) is 32.5 Å². The summed E-state index contributed by atoms with van der Waals surface area (Å²) < 4.78 is 29.6. The van der Waals surface area contributed by atoms with Crippen molar-refractivity contribution >= 4 is 41.9 Å². The van der Waals surface area contributed by atoms with Crippen molar-refractivity contribution in [3.8, 4) is 6.19 Å². The lowest BCUT2D eigenvalue weighted by Crippen LogP contribution is -2.39. The van der Waals surface area contributed by atoms with E-state index in [1.807, 2.05) is 0 Å². The molecule has 0 bridgehead atoms. The summed E-state index contributed by atoms with van der Waals surface area (Å²) in [6.45, 7) is 7.46. The minimum atomic E-state index is -3.68. The van der Waals surface area contributed by atoms with Gasteiger partial charge in [0.25, 0.3) is 0 Å².